The zero-order valence-corrected chi connectivity index (χ0v) is 20.7. The van der Waals surface area contributed by atoms with Crippen LogP contribution >= 0.6 is 11.6 Å². The molecule has 0 radical (unpaired) electrons. The molecule has 184 valence electrons. The van der Waals surface area contributed by atoms with E-state index in [4.69, 9.17) is 11.6 Å². The van der Waals surface area contributed by atoms with Gasteiger partial charge in [-0.3, -0.25) is 4.21 Å². The van der Waals surface area contributed by atoms with E-state index in [1.807, 2.05) is 24.3 Å². The molecular formula is C22H25ClF2N4O3S2. The van der Waals surface area contributed by atoms with Crippen molar-refractivity contribution in [2.45, 2.75) is 54.4 Å². The van der Waals surface area contributed by atoms with Crippen LogP contribution in [0.2, 0.25) is 5.02 Å². The fourth-order valence-corrected chi connectivity index (χ4v) is 8.25. The van der Waals surface area contributed by atoms with E-state index in [-0.39, 0.29) is 29.2 Å². The third kappa shape index (κ3) is 4.47. The van der Waals surface area contributed by atoms with Gasteiger partial charge in [-0.25, -0.2) is 9.19 Å². The Morgan fingerprint density at radius 3 is 2.47 bits per heavy atom. The topological polar surface area (TPSA) is 105 Å². The highest BCUT2D eigenvalue weighted by Crippen LogP contribution is 2.45. The first kappa shape index (κ1) is 24.0. The molecule has 34 heavy (non-hydrogen) atoms. The average molecular weight is 531 g/mol. The lowest BCUT2D eigenvalue weighted by Gasteiger charge is -2.41. The van der Waals surface area contributed by atoms with E-state index in [2.05, 4.69) is 19.6 Å². The molecule has 1 aromatic carbocycles. The number of fused-ring (bicyclic) bond motifs is 1. The van der Waals surface area contributed by atoms with E-state index in [0.717, 1.165) is 12.0 Å². The standard InChI is InChI=1S/C22H25ClF2N4O3S2/c23-16-4-2-14(3-5-16)15-6-10-34(32,11-7-15)29-20-26-18-17(33(31)13-22(18,24)25)19(27-20)28-21(12-30)8-1-9-21/h2-5,15,30H,1,6-13H2,(H,26,27,28)/t15?,33-,34?/m0/s1. The summed E-state index contributed by atoms with van der Waals surface area (Å²) in [5.74, 6) is -3.76. The predicted molar refractivity (Wildman–Crippen MR) is 128 cm³/mol. The Kier molecular flexibility index (Phi) is 6.19. The van der Waals surface area contributed by atoms with E-state index >= 15 is 0 Å². The van der Waals surface area contributed by atoms with Crippen molar-refractivity contribution >= 4 is 43.9 Å². The molecule has 12 heteroatoms. The van der Waals surface area contributed by atoms with Crippen LogP contribution in [0.5, 0.6) is 0 Å². The van der Waals surface area contributed by atoms with Gasteiger partial charge >= 0.3 is 5.92 Å². The van der Waals surface area contributed by atoms with E-state index in [1.165, 1.54) is 0 Å². The number of hydrogen-bond acceptors (Lipinski definition) is 7. The summed E-state index contributed by atoms with van der Waals surface area (Å²) in [6.45, 7) is -0.204. The van der Waals surface area contributed by atoms with Gasteiger partial charge in [-0.2, -0.15) is 18.1 Å². The number of hydrogen-bond donors (Lipinski definition) is 2. The van der Waals surface area contributed by atoms with Crippen molar-refractivity contribution in [3.8, 4) is 0 Å². The molecule has 0 amide bonds. The SMILES string of the molecule is O=[S@]1CC(F)(F)c2nc(N=S3(=O)CCC(c4ccc(Cl)cc4)CC3)nc(NC3(CO)CCC3)c21. The van der Waals surface area contributed by atoms with E-state index in [0.29, 0.717) is 42.2 Å². The molecule has 1 saturated heterocycles. The number of rotatable bonds is 5. The minimum absolute atomic E-state index is 0.00846. The summed E-state index contributed by atoms with van der Waals surface area (Å²) in [7, 11) is -4.73. The van der Waals surface area contributed by atoms with Crippen molar-refractivity contribution in [3.63, 3.8) is 0 Å². The van der Waals surface area contributed by atoms with E-state index in [1.54, 1.807) is 0 Å². The van der Waals surface area contributed by atoms with Gasteiger partial charge in [0.1, 0.15) is 16.4 Å². The number of benzene rings is 1. The molecule has 0 unspecified atom stereocenters. The van der Waals surface area contributed by atoms with Crippen LogP contribution in [0.4, 0.5) is 20.5 Å². The molecule has 1 aromatic heterocycles. The summed E-state index contributed by atoms with van der Waals surface area (Å²) >= 11 is 5.96. The van der Waals surface area contributed by atoms with Gasteiger partial charge in [0.2, 0.25) is 0 Å². The Labute approximate surface area is 204 Å². The van der Waals surface area contributed by atoms with Crippen LogP contribution in [-0.2, 0) is 26.5 Å². The second-order valence-electron chi connectivity index (χ2n) is 9.26. The van der Waals surface area contributed by atoms with Crippen LogP contribution in [0.1, 0.15) is 49.3 Å². The number of nitrogens with zero attached hydrogens (tertiary/aromatic N) is 3. The Hall–Kier alpha value is -1.69. The summed E-state index contributed by atoms with van der Waals surface area (Å²) in [4.78, 5) is 8.06. The molecule has 2 fully saturated rings. The first-order valence-corrected chi connectivity index (χ1v) is 14.7. The number of aromatic nitrogens is 2. The fraction of sp³-hybridized carbons (Fsp3) is 0.545. The fourth-order valence-electron chi connectivity index (χ4n) is 4.72. The smallest absolute Gasteiger partial charge is 0.302 e. The number of anilines is 1. The van der Waals surface area contributed by atoms with Crippen molar-refractivity contribution in [1.29, 1.82) is 0 Å². The molecule has 2 aromatic rings. The summed E-state index contributed by atoms with van der Waals surface area (Å²) in [6.07, 6.45) is 3.42. The van der Waals surface area contributed by atoms with Gasteiger partial charge in [0.25, 0.3) is 5.95 Å². The van der Waals surface area contributed by atoms with Crippen LogP contribution in [0.15, 0.2) is 33.5 Å². The minimum atomic E-state index is -3.40. The monoisotopic (exact) mass is 530 g/mol. The zero-order chi connectivity index (χ0) is 24.1. The van der Waals surface area contributed by atoms with Gasteiger partial charge in [0.05, 0.1) is 38.4 Å². The summed E-state index contributed by atoms with van der Waals surface area (Å²) in [6, 6.07) is 7.56. The molecule has 1 atom stereocenters. The van der Waals surface area contributed by atoms with Crippen LogP contribution in [0.3, 0.4) is 0 Å². The molecule has 1 saturated carbocycles. The third-order valence-electron chi connectivity index (χ3n) is 6.90. The number of alkyl halides is 2. The van der Waals surface area contributed by atoms with E-state index < -0.39 is 43.4 Å². The maximum atomic E-state index is 14.6. The maximum absolute atomic E-state index is 14.6. The molecule has 7 nitrogen and oxygen atoms in total. The van der Waals surface area contributed by atoms with Gasteiger partial charge in [0.15, 0.2) is 0 Å². The molecular weight excluding hydrogens is 506 g/mol. The molecule has 3 heterocycles. The van der Waals surface area contributed by atoms with Gasteiger partial charge < -0.3 is 10.4 Å². The molecule has 2 N–H and O–H groups in total. The highest BCUT2D eigenvalue weighted by atomic mass is 35.5. The molecule has 5 rings (SSSR count). The van der Waals surface area contributed by atoms with Crippen LogP contribution in [-0.4, -0.2) is 52.9 Å². The molecule has 0 spiro atoms. The zero-order valence-electron chi connectivity index (χ0n) is 18.3. The number of aliphatic hydroxyl groups is 1. The van der Waals surface area contributed by atoms with E-state index in [9.17, 15) is 22.3 Å². The minimum Gasteiger partial charge on any atom is -0.394 e. The molecule has 3 aliphatic rings. The Morgan fingerprint density at radius 1 is 1.21 bits per heavy atom. The second kappa shape index (κ2) is 8.76. The van der Waals surface area contributed by atoms with Crippen molar-refractivity contribution in [1.82, 2.24) is 9.97 Å². The second-order valence-corrected chi connectivity index (χ2v) is 13.6. The lowest BCUT2D eigenvalue weighted by molar-refractivity contribution is 0.0192. The molecule has 2 aliphatic heterocycles. The summed E-state index contributed by atoms with van der Waals surface area (Å²) < 4.78 is 59.5. The normalized spacial score (nSPS) is 29.2. The van der Waals surface area contributed by atoms with Crippen LogP contribution in [0.25, 0.3) is 0 Å². The first-order chi connectivity index (χ1) is 16.1. The summed E-state index contributed by atoms with van der Waals surface area (Å²) in [5, 5.41) is 13.5. The Bertz CT molecular complexity index is 1240. The van der Waals surface area contributed by atoms with Crippen molar-refractivity contribution < 1.29 is 22.3 Å². The predicted octanol–water partition coefficient (Wildman–Crippen LogP) is 4.35. The van der Waals surface area contributed by atoms with Crippen LogP contribution in [0, 0.1) is 0 Å². The Morgan fingerprint density at radius 2 is 1.88 bits per heavy atom. The number of aliphatic hydroxyl groups excluding tert-OH is 1. The first-order valence-electron chi connectivity index (χ1n) is 11.2. The van der Waals surface area contributed by atoms with Gasteiger partial charge in [-0.05, 0) is 55.7 Å². The summed E-state index contributed by atoms with van der Waals surface area (Å²) in [5.41, 5.74) is -0.212. The number of halogens is 3. The average Bonchev–Trinajstić information content (AvgIpc) is 3.00. The van der Waals surface area contributed by atoms with Crippen molar-refractivity contribution in [2.24, 2.45) is 4.36 Å². The molecule has 0 bridgehead atoms. The molecule has 1 aliphatic carbocycles. The van der Waals surface area contributed by atoms with Crippen molar-refractivity contribution in [2.75, 3.05) is 29.2 Å². The third-order valence-corrected chi connectivity index (χ3v) is 10.9. The number of nitrogens with one attached hydrogen (secondary N) is 1. The Balaban J connectivity index is 1.47. The quantitative estimate of drug-likeness (QED) is 0.595. The highest BCUT2D eigenvalue weighted by Gasteiger charge is 2.49. The van der Waals surface area contributed by atoms with Gasteiger partial charge in [0, 0.05) is 16.5 Å². The van der Waals surface area contributed by atoms with Gasteiger partial charge in [-0.15, -0.1) is 0 Å². The van der Waals surface area contributed by atoms with Crippen molar-refractivity contribution in [3.05, 3.63) is 40.5 Å². The lowest BCUT2D eigenvalue weighted by Crippen LogP contribution is -2.48. The lowest BCUT2D eigenvalue weighted by atomic mass is 9.77. The van der Waals surface area contributed by atoms with Gasteiger partial charge in [-0.1, -0.05) is 23.7 Å². The van der Waals surface area contributed by atoms with Crippen LogP contribution < -0.4 is 5.32 Å². The maximum Gasteiger partial charge on any atom is 0.302 e. The highest BCUT2D eigenvalue weighted by molar-refractivity contribution is 7.93. The largest absolute Gasteiger partial charge is 0.394 e.